The molecule has 0 aliphatic carbocycles. The van der Waals surface area contributed by atoms with Crippen LogP contribution in [0.25, 0.3) is 0 Å². The molecule has 0 aliphatic heterocycles. The summed E-state index contributed by atoms with van der Waals surface area (Å²) in [6.45, 7) is 3.50. The maximum Gasteiger partial charge on any atom is 0.323 e. The van der Waals surface area contributed by atoms with Gasteiger partial charge in [-0.3, -0.25) is 9.59 Å². The molecule has 0 bridgehead atoms. The molecule has 1 amide bonds. The molecule has 1 aromatic rings. The van der Waals surface area contributed by atoms with Crippen LogP contribution in [0.1, 0.15) is 13.8 Å². The normalized spacial score (nSPS) is 10.5. The van der Waals surface area contributed by atoms with E-state index in [0.29, 0.717) is 16.6 Å². The van der Waals surface area contributed by atoms with Crippen LogP contribution in [0.4, 0.5) is 0 Å². The maximum absolute atomic E-state index is 12.0. The number of carboxylic acids is 1. The van der Waals surface area contributed by atoms with Gasteiger partial charge >= 0.3 is 5.97 Å². The fourth-order valence-electron chi connectivity index (χ4n) is 1.68. The average Bonchev–Trinajstić information content (AvgIpc) is 2.37. The highest BCUT2D eigenvalue weighted by atomic mass is 35.5. The van der Waals surface area contributed by atoms with E-state index < -0.39 is 11.9 Å². The fraction of sp³-hybridized carbons (Fsp3) is 0.429. The van der Waals surface area contributed by atoms with E-state index in [1.165, 1.54) is 11.0 Å². The third-order valence-electron chi connectivity index (χ3n) is 2.51. The summed E-state index contributed by atoms with van der Waals surface area (Å²) >= 11 is 11.7. The van der Waals surface area contributed by atoms with E-state index in [2.05, 4.69) is 0 Å². The first-order chi connectivity index (χ1) is 9.79. The lowest BCUT2D eigenvalue weighted by Gasteiger charge is -2.22. The third kappa shape index (κ3) is 6.23. The van der Waals surface area contributed by atoms with Crippen LogP contribution in [0.5, 0.6) is 5.75 Å². The van der Waals surface area contributed by atoms with E-state index in [0.717, 1.165) is 0 Å². The summed E-state index contributed by atoms with van der Waals surface area (Å²) in [4.78, 5) is 24.1. The second kappa shape index (κ2) is 8.10. The molecular formula is C14H17Cl2NO4. The van der Waals surface area contributed by atoms with E-state index >= 15 is 0 Å². The van der Waals surface area contributed by atoms with Gasteiger partial charge in [-0.2, -0.15) is 0 Å². The number of benzene rings is 1. The second-order valence-corrected chi connectivity index (χ2v) is 5.77. The molecule has 0 fully saturated rings. The van der Waals surface area contributed by atoms with Gasteiger partial charge in [-0.25, -0.2) is 0 Å². The Balaban J connectivity index is 2.68. The SMILES string of the molecule is CC(C)CN(CC(=O)O)C(=O)COc1cc(Cl)ccc1Cl. The minimum Gasteiger partial charge on any atom is -0.482 e. The topological polar surface area (TPSA) is 66.8 Å². The van der Waals surface area contributed by atoms with Crippen molar-refractivity contribution in [3.8, 4) is 5.75 Å². The average molecular weight is 334 g/mol. The van der Waals surface area contributed by atoms with Crippen molar-refractivity contribution >= 4 is 35.1 Å². The van der Waals surface area contributed by atoms with Crippen molar-refractivity contribution in [2.75, 3.05) is 19.7 Å². The molecule has 21 heavy (non-hydrogen) atoms. The molecule has 5 nitrogen and oxygen atoms in total. The van der Waals surface area contributed by atoms with Crippen LogP contribution in [0.15, 0.2) is 18.2 Å². The number of amides is 1. The number of nitrogens with zero attached hydrogens (tertiary/aromatic N) is 1. The number of hydrogen-bond acceptors (Lipinski definition) is 3. The molecule has 0 spiro atoms. The summed E-state index contributed by atoms with van der Waals surface area (Å²) in [7, 11) is 0. The van der Waals surface area contributed by atoms with Gasteiger partial charge in [0.2, 0.25) is 0 Å². The second-order valence-electron chi connectivity index (χ2n) is 4.93. The molecule has 0 saturated carbocycles. The Morgan fingerprint density at radius 2 is 2.00 bits per heavy atom. The minimum atomic E-state index is -1.07. The van der Waals surface area contributed by atoms with Crippen LogP contribution >= 0.6 is 23.2 Å². The van der Waals surface area contributed by atoms with Gasteiger partial charge < -0.3 is 14.7 Å². The predicted molar refractivity (Wildman–Crippen MR) is 81.0 cm³/mol. The van der Waals surface area contributed by atoms with Gasteiger partial charge in [0.05, 0.1) is 5.02 Å². The van der Waals surface area contributed by atoms with Crippen LogP contribution < -0.4 is 4.74 Å². The maximum atomic E-state index is 12.0. The summed E-state index contributed by atoms with van der Waals surface area (Å²) < 4.78 is 5.32. The fourth-order valence-corrected chi connectivity index (χ4v) is 2.01. The third-order valence-corrected chi connectivity index (χ3v) is 3.06. The highest BCUT2D eigenvalue weighted by Gasteiger charge is 2.18. The van der Waals surface area contributed by atoms with Crippen molar-refractivity contribution in [3.63, 3.8) is 0 Å². The number of ether oxygens (including phenoxy) is 1. The first kappa shape index (κ1) is 17.6. The van der Waals surface area contributed by atoms with E-state index in [1.54, 1.807) is 12.1 Å². The monoisotopic (exact) mass is 333 g/mol. The zero-order chi connectivity index (χ0) is 16.0. The van der Waals surface area contributed by atoms with Crippen LogP contribution in [0, 0.1) is 5.92 Å². The number of carbonyl (C=O) groups excluding carboxylic acids is 1. The number of carboxylic acid groups (broad SMARTS) is 1. The standard InChI is InChI=1S/C14H17Cl2NO4/c1-9(2)6-17(7-14(19)20)13(18)8-21-12-5-10(15)3-4-11(12)16/h3-5,9H,6-8H2,1-2H3,(H,19,20). The van der Waals surface area contributed by atoms with Gasteiger partial charge in [0.1, 0.15) is 12.3 Å². The lowest BCUT2D eigenvalue weighted by Crippen LogP contribution is -2.40. The van der Waals surface area contributed by atoms with Gasteiger partial charge in [0.25, 0.3) is 5.91 Å². The molecule has 1 rings (SSSR count). The Bertz CT molecular complexity index is 520. The molecule has 1 aromatic carbocycles. The number of aliphatic carboxylic acids is 1. The lowest BCUT2D eigenvalue weighted by atomic mass is 10.2. The molecule has 1 N–H and O–H groups in total. The van der Waals surface area contributed by atoms with Crippen molar-refractivity contribution in [2.24, 2.45) is 5.92 Å². The van der Waals surface area contributed by atoms with Gasteiger partial charge in [-0.15, -0.1) is 0 Å². The Kier molecular flexibility index (Phi) is 6.78. The number of carbonyl (C=O) groups is 2. The predicted octanol–water partition coefficient (Wildman–Crippen LogP) is 2.94. The molecule has 0 heterocycles. The Morgan fingerprint density at radius 1 is 1.33 bits per heavy atom. The summed E-state index contributed by atoms with van der Waals surface area (Å²) in [5, 5.41) is 9.61. The summed E-state index contributed by atoms with van der Waals surface area (Å²) in [5.41, 5.74) is 0. The lowest BCUT2D eigenvalue weighted by molar-refractivity contribution is -0.145. The largest absolute Gasteiger partial charge is 0.482 e. The van der Waals surface area contributed by atoms with Gasteiger partial charge in [-0.05, 0) is 18.1 Å². The Labute approximate surface area is 133 Å². The van der Waals surface area contributed by atoms with E-state index in [9.17, 15) is 9.59 Å². The molecule has 0 saturated heterocycles. The summed E-state index contributed by atoms with van der Waals surface area (Å²) in [6.07, 6.45) is 0. The van der Waals surface area contributed by atoms with Gasteiger partial charge in [-0.1, -0.05) is 37.0 Å². The van der Waals surface area contributed by atoms with Crippen LogP contribution in [-0.4, -0.2) is 41.6 Å². The van der Waals surface area contributed by atoms with E-state index in [1.807, 2.05) is 13.8 Å². The van der Waals surface area contributed by atoms with Crippen LogP contribution in [-0.2, 0) is 9.59 Å². The molecule has 0 atom stereocenters. The number of hydrogen-bond donors (Lipinski definition) is 1. The number of rotatable bonds is 7. The molecule has 116 valence electrons. The number of halogens is 2. The molecular weight excluding hydrogens is 317 g/mol. The highest BCUT2D eigenvalue weighted by molar-refractivity contribution is 6.34. The van der Waals surface area contributed by atoms with E-state index in [-0.39, 0.29) is 24.8 Å². The zero-order valence-corrected chi connectivity index (χ0v) is 13.3. The first-order valence-electron chi connectivity index (χ1n) is 6.37. The van der Waals surface area contributed by atoms with Crippen LogP contribution in [0.2, 0.25) is 10.0 Å². The van der Waals surface area contributed by atoms with Crippen LogP contribution in [0.3, 0.4) is 0 Å². The van der Waals surface area contributed by atoms with Crippen molar-refractivity contribution in [2.45, 2.75) is 13.8 Å². The van der Waals surface area contributed by atoms with E-state index in [4.69, 9.17) is 33.0 Å². The smallest absolute Gasteiger partial charge is 0.323 e. The molecule has 7 heteroatoms. The molecule has 0 aliphatic rings. The van der Waals surface area contributed by atoms with Gasteiger partial charge in [0, 0.05) is 17.6 Å². The van der Waals surface area contributed by atoms with Gasteiger partial charge in [0.15, 0.2) is 6.61 Å². The van der Waals surface area contributed by atoms with Crippen molar-refractivity contribution in [1.82, 2.24) is 4.90 Å². The van der Waals surface area contributed by atoms with Crippen molar-refractivity contribution < 1.29 is 19.4 Å². The molecule has 0 aromatic heterocycles. The zero-order valence-electron chi connectivity index (χ0n) is 11.8. The molecule has 0 unspecified atom stereocenters. The minimum absolute atomic E-state index is 0.156. The summed E-state index contributed by atoms with van der Waals surface area (Å²) in [5.74, 6) is -1.03. The van der Waals surface area contributed by atoms with Crippen molar-refractivity contribution in [3.05, 3.63) is 28.2 Å². The highest BCUT2D eigenvalue weighted by Crippen LogP contribution is 2.27. The Morgan fingerprint density at radius 3 is 2.57 bits per heavy atom. The van der Waals surface area contributed by atoms with Crippen molar-refractivity contribution in [1.29, 1.82) is 0 Å². The Hall–Kier alpha value is -1.46. The molecule has 0 radical (unpaired) electrons. The quantitative estimate of drug-likeness (QED) is 0.833. The first-order valence-corrected chi connectivity index (χ1v) is 7.12. The summed E-state index contributed by atoms with van der Waals surface area (Å²) in [6, 6.07) is 4.67.